The summed E-state index contributed by atoms with van der Waals surface area (Å²) in [6.07, 6.45) is 0. The van der Waals surface area contributed by atoms with Crippen molar-refractivity contribution in [1.82, 2.24) is 0 Å². The monoisotopic (exact) mass is 1880 g/mol. The van der Waals surface area contributed by atoms with E-state index in [1.165, 1.54) is 92.6 Å². The fourth-order valence-electron chi connectivity index (χ4n) is 11.7. The van der Waals surface area contributed by atoms with Crippen LogP contribution in [-0.4, -0.2) is 87.8 Å². The summed E-state index contributed by atoms with van der Waals surface area (Å²) in [5.41, 5.74) is 14.9. The van der Waals surface area contributed by atoms with E-state index in [0.717, 1.165) is 34.3 Å². The molecule has 0 amide bonds. The normalized spacial score (nSPS) is 12.2. The Labute approximate surface area is 731 Å². The van der Waals surface area contributed by atoms with Crippen molar-refractivity contribution in [1.29, 1.82) is 0 Å². The summed E-state index contributed by atoms with van der Waals surface area (Å²) in [5.74, 6) is 0. The van der Waals surface area contributed by atoms with E-state index >= 15 is 0 Å². The zero-order valence-electron chi connectivity index (χ0n) is 69.0. The fraction of sp³-hybridized carbons (Fsp3) is 0.280. The molecule has 6 N–H and O–H groups in total. The van der Waals surface area contributed by atoms with E-state index in [4.69, 9.17) is 54.2 Å². The topological polar surface area (TPSA) is 121 Å². The quantitative estimate of drug-likeness (QED) is 0.0326. The summed E-state index contributed by atoms with van der Waals surface area (Å²) in [7, 11) is 17.8. The summed E-state index contributed by atoms with van der Waals surface area (Å²) in [5, 5.41) is 54.6. The van der Waals surface area contributed by atoms with E-state index in [2.05, 4.69) is 371 Å². The van der Waals surface area contributed by atoms with Crippen LogP contribution in [-0.2, 0) is 21.7 Å². The van der Waals surface area contributed by atoms with Crippen LogP contribution in [0, 0.1) is 3.57 Å². The van der Waals surface area contributed by atoms with Crippen LogP contribution >= 0.6 is 86.3 Å². The predicted molar refractivity (Wildman–Crippen MR) is 507 cm³/mol. The summed E-state index contributed by atoms with van der Waals surface area (Å²) in [6, 6.07) is 104. The van der Waals surface area contributed by atoms with Gasteiger partial charge >= 0.3 is 0 Å². The molecule has 0 spiro atoms. The van der Waals surface area contributed by atoms with E-state index in [1.54, 1.807) is 83.1 Å². The van der Waals surface area contributed by atoms with Crippen LogP contribution in [0.1, 0.15) is 180 Å². The molecule has 0 aliphatic rings. The second kappa shape index (κ2) is 39.2. The van der Waals surface area contributed by atoms with E-state index in [0.29, 0.717) is 0 Å². The van der Waals surface area contributed by atoms with Crippen molar-refractivity contribution in [3.05, 3.63) is 368 Å². The molecular formula is C100H108B3Br4IO6. The number of aliphatic hydroxyl groups is 6. The predicted octanol–water partition coefficient (Wildman–Crippen LogP) is 23.0. The average Bonchev–Trinajstić information content (AvgIpc) is 0.756. The van der Waals surface area contributed by atoms with Crippen LogP contribution in [0.4, 0.5) is 0 Å². The van der Waals surface area contributed by atoms with Crippen molar-refractivity contribution < 1.29 is 30.6 Å². The smallest absolute Gasteiger partial charge is 0.113 e. The lowest BCUT2D eigenvalue weighted by Crippen LogP contribution is -2.44. The Morgan fingerprint density at radius 1 is 0.193 bits per heavy atom. The van der Waals surface area contributed by atoms with Crippen molar-refractivity contribution >= 4 is 126 Å². The number of halogens is 5. The summed E-state index contributed by atoms with van der Waals surface area (Å²) < 4.78 is 5.67. The zero-order valence-corrected chi connectivity index (χ0v) is 77.5. The number of hydrogen-bond acceptors (Lipinski definition) is 6. The molecular weight excluding hydrogens is 1780 g/mol. The Kier molecular flexibility index (Phi) is 32.5. The lowest BCUT2D eigenvalue weighted by atomic mass is 9.69. The van der Waals surface area contributed by atoms with Crippen LogP contribution < -0.4 is 16.4 Å². The highest BCUT2D eigenvalue weighted by molar-refractivity contribution is 14.1. The van der Waals surface area contributed by atoms with Crippen molar-refractivity contribution in [2.24, 2.45) is 0 Å². The van der Waals surface area contributed by atoms with Gasteiger partial charge in [-0.1, -0.05) is 338 Å². The van der Waals surface area contributed by atoms with E-state index in [1.807, 2.05) is 48.5 Å². The van der Waals surface area contributed by atoms with Gasteiger partial charge in [0.05, 0.1) is 33.6 Å². The van der Waals surface area contributed by atoms with Gasteiger partial charge in [-0.15, -0.1) is 0 Å². The second-order valence-corrected chi connectivity index (χ2v) is 38.5. The third-order valence-corrected chi connectivity index (χ3v) is 25.2. The third kappa shape index (κ3) is 25.4. The zero-order chi connectivity index (χ0) is 84.8. The highest BCUT2D eigenvalue weighted by Crippen LogP contribution is 2.44. The minimum Gasteiger partial charge on any atom is -0.387 e. The molecule has 6 nitrogen and oxygen atoms in total. The first-order valence-corrected chi connectivity index (χ1v) is 42.3. The van der Waals surface area contributed by atoms with Crippen LogP contribution in [0.25, 0.3) is 33.4 Å². The number of rotatable bonds is 16. The minimum absolute atomic E-state index is 0.134. The number of hydrogen-bond donors (Lipinski definition) is 6. The largest absolute Gasteiger partial charge is 0.387 e. The molecule has 588 valence electrons. The number of benzene rings is 12. The molecule has 0 atom stereocenters. The Balaban J connectivity index is 0.000000236. The molecule has 0 bridgehead atoms. The minimum atomic E-state index is -1.01. The van der Waals surface area contributed by atoms with Crippen LogP contribution in [0.5, 0.6) is 0 Å². The Hall–Kier alpha value is -6.76. The first kappa shape index (κ1) is 94.4. The lowest BCUT2D eigenvalue weighted by molar-refractivity contribution is -0.107. The lowest BCUT2D eigenvalue weighted by Gasteiger charge is -2.33. The Morgan fingerprint density at radius 3 is 0.482 bits per heavy atom. The highest BCUT2D eigenvalue weighted by Gasteiger charge is 2.37. The van der Waals surface area contributed by atoms with Gasteiger partial charge in [-0.3, -0.25) is 0 Å². The molecule has 12 aromatic carbocycles. The molecule has 0 aromatic heterocycles. The molecule has 0 unspecified atom stereocenters. The van der Waals surface area contributed by atoms with Gasteiger partial charge in [-0.05, 0) is 269 Å². The molecule has 114 heavy (non-hydrogen) atoms. The van der Waals surface area contributed by atoms with Gasteiger partial charge in [-0.25, -0.2) is 0 Å². The average molecular weight is 1880 g/mol. The maximum atomic E-state index is 9.10. The Morgan fingerprint density at radius 2 is 0.316 bits per heavy atom. The molecule has 0 aliphatic carbocycles. The highest BCUT2D eigenvalue weighted by atomic mass is 127. The van der Waals surface area contributed by atoms with Crippen LogP contribution in [0.15, 0.2) is 309 Å². The standard InChI is InChI=1S/C47H37Br3.C29H25B3.C6H4BrI.3C6H14O2/c1-46(2,38-16-4-32(5-17-38)35-10-26-43(48)27-11-35)39-22-24-42(25-23-39)47(3,40-18-6-33(7-19-40)36-12-28-44(49)29-13-36)41-20-8-34(9-21-41)37-14-30-45(50)31-15-37;1-28(2,21-8-14-25(30)15-9-21)20-4-6-22(7-5-20)29(3,23-10-16-26(31)17-11-23)24-12-18-27(32)19-13-24;7-5-1-3-6(8)4-2-5;3*1-5(2,7)6(3,4)8/h4-31H,1-3H3;4-19H,1-3H3;1-4H;3*7-8H,1-4H3. The van der Waals surface area contributed by atoms with E-state index in [-0.39, 0.29) is 21.7 Å². The third-order valence-electron chi connectivity index (χ3n) is 22.3. The van der Waals surface area contributed by atoms with Crippen molar-refractivity contribution in [2.75, 3.05) is 0 Å². The first-order chi connectivity index (χ1) is 52.9. The maximum Gasteiger partial charge on any atom is 0.113 e. The summed E-state index contributed by atoms with van der Waals surface area (Å²) in [4.78, 5) is 0. The molecule has 0 heterocycles. The van der Waals surface area contributed by atoms with Crippen molar-refractivity contribution in [3.63, 3.8) is 0 Å². The fourth-order valence-corrected chi connectivity index (χ4v) is 13.2. The van der Waals surface area contributed by atoms with Gasteiger partial charge in [0.25, 0.3) is 0 Å². The molecule has 0 saturated heterocycles. The van der Waals surface area contributed by atoms with Gasteiger partial charge in [-0.2, -0.15) is 0 Å². The van der Waals surface area contributed by atoms with Gasteiger partial charge in [0.15, 0.2) is 0 Å². The molecule has 6 radical (unpaired) electrons. The van der Waals surface area contributed by atoms with Crippen LogP contribution in [0.2, 0.25) is 0 Å². The molecule has 12 aromatic rings. The van der Waals surface area contributed by atoms with Gasteiger partial charge in [0.1, 0.15) is 23.5 Å². The van der Waals surface area contributed by atoms with Crippen molar-refractivity contribution in [3.8, 4) is 33.4 Å². The van der Waals surface area contributed by atoms with Gasteiger partial charge < -0.3 is 30.6 Å². The van der Waals surface area contributed by atoms with Crippen LogP contribution in [0.3, 0.4) is 0 Å². The van der Waals surface area contributed by atoms with Gasteiger partial charge in [0.2, 0.25) is 0 Å². The molecule has 12 rings (SSSR count). The molecule has 14 heteroatoms. The Bertz CT molecular complexity index is 4710. The first-order valence-electron chi connectivity index (χ1n) is 38.0. The SMILES string of the molecule is Brc1ccc(I)cc1.CC(C)(O)C(C)(C)O.CC(C)(O)C(C)(C)O.CC(C)(O)C(C)(C)O.CC(C)(c1ccc(-c2ccc(Br)cc2)cc1)c1ccc(C(C)(c2ccc(-c3ccc(Br)cc3)cc2)c2ccc(-c3ccc(Br)cc3)cc2)cc1.[B]c1ccc(C(C)(C)c2ccc(C(C)(c3ccc([B])cc3)c3ccc([B])cc3)cc2)cc1. The molecule has 0 fully saturated rings. The molecule has 0 saturated carbocycles. The van der Waals surface area contributed by atoms with E-state index in [9.17, 15) is 0 Å². The molecule has 0 aliphatic heterocycles. The maximum absolute atomic E-state index is 9.10. The van der Waals surface area contributed by atoms with E-state index < -0.39 is 33.6 Å². The van der Waals surface area contributed by atoms with Crippen molar-refractivity contribution in [2.45, 2.75) is 180 Å². The summed E-state index contributed by atoms with van der Waals surface area (Å²) in [6.45, 7) is 32.6. The van der Waals surface area contributed by atoms with Gasteiger partial charge in [0, 0.05) is 43.1 Å². The second-order valence-electron chi connectivity index (χ2n) is 33.6. The summed E-state index contributed by atoms with van der Waals surface area (Å²) >= 11 is 16.3.